The molecule has 0 spiro atoms. The largest absolute Gasteiger partial charge is 0.365 e. The normalized spacial score (nSPS) is 18.5. The van der Waals surface area contributed by atoms with Crippen LogP contribution in [0, 0.1) is 5.82 Å². The van der Waals surface area contributed by atoms with Crippen molar-refractivity contribution in [1.29, 1.82) is 0 Å². The predicted octanol–water partition coefficient (Wildman–Crippen LogP) is 2.54. The molecule has 0 aliphatic heterocycles. The Hall–Kier alpha value is -3.53. The molecule has 0 saturated heterocycles. The number of hydrogen-bond donors (Lipinski definition) is 4. The van der Waals surface area contributed by atoms with Gasteiger partial charge in [0.15, 0.2) is 11.6 Å². The molecule has 6 N–H and O–H groups in total. The second kappa shape index (κ2) is 8.68. The van der Waals surface area contributed by atoms with E-state index in [1.165, 1.54) is 0 Å². The van der Waals surface area contributed by atoms with Gasteiger partial charge in [-0.3, -0.25) is 14.5 Å². The number of aryl methyl sites for hydroxylation is 1. The number of primary amides is 1. The van der Waals surface area contributed by atoms with Crippen LogP contribution in [-0.2, 0) is 7.05 Å². The molecule has 0 bridgehead atoms. The summed E-state index contributed by atoms with van der Waals surface area (Å²) in [5.41, 5.74) is 13.9. The predicted molar refractivity (Wildman–Crippen MR) is 116 cm³/mol. The number of carbonyl (C=O) groups is 1. The van der Waals surface area contributed by atoms with E-state index in [1.807, 2.05) is 19.3 Å². The number of halogens is 1. The lowest BCUT2D eigenvalue weighted by atomic mass is 9.91. The monoisotopic (exact) mass is 424 g/mol. The number of rotatable bonds is 6. The first kappa shape index (κ1) is 20.7. The molecule has 10 heteroatoms. The van der Waals surface area contributed by atoms with E-state index in [0.29, 0.717) is 5.69 Å². The number of nitrogens with zero attached hydrogens (tertiary/aromatic N) is 4. The third-order valence-corrected chi connectivity index (χ3v) is 5.42. The number of carbonyl (C=O) groups excluding carboxylic acids is 1. The maximum Gasteiger partial charge on any atom is 0.252 e. The molecule has 0 unspecified atom stereocenters. The number of nitrogens with two attached hydrogens (primary N) is 2. The molecule has 1 aliphatic rings. The van der Waals surface area contributed by atoms with Crippen molar-refractivity contribution in [1.82, 2.24) is 19.7 Å². The standard InChI is InChI=1S/C21H25FN8O/c1-30-11-13(9-26-30)12-6-14(10-25-8-12)27-20-15(19(24)31)7-16(22)21(29-20)28-18-5-3-2-4-17(18)23/h6-11,17-18H,2-5,23H2,1H3,(H2,24,31)(H2,27,28,29)/t17-,18+/m0/s1. The van der Waals surface area contributed by atoms with E-state index in [9.17, 15) is 9.18 Å². The molecular formula is C21H25FN8O. The van der Waals surface area contributed by atoms with Crippen LogP contribution in [0.3, 0.4) is 0 Å². The van der Waals surface area contributed by atoms with Crippen LogP contribution in [0.1, 0.15) is 36.0 Å². The van der Waals surface area contributed by atoms with E-state index >= 15 is 0 Å². The number of anilines is 3. The van der Waals surface area contributed by atoms with Crippen LogP contribution >= 0.6 is 0 Å². The molecule has 2 atom stereocenters. The minimum absolute atomic E-state index is 0.0335. The SMILES string of the molecule is Cn1cc(-c2cncc(Nc3nc(N[C@@H]4CCCC[C@@H]4N)c(F)cc3C(N)=O)c2)cn1. The number of amides is 1. The highest BCUT2D eigenvalue weighted by Gasteiger charge is 2.24. The highest BCUT2D eigenvalue weighted by atomic mass is 19.1. The minimum atomic E-state index is -0.786. The third-order valence-electron chi connectivity index (χ3n) is 5.42. The Bertz CT molecular complexity index is 1100. The van der Waals surface area contributed by atoms with Gasteiger partial charge in [0.2, 0.25) is 0 Å². The minimum Gasteiger partial charge on any atom is -0.365 e. The van der Waals surface area contributed by atoms with Crippen LogP contribution in [0.25, 0.3) is 11.1 Å². The van der Waals surface area contributed by atoms with Gasteiger partial charge in [0.05, 0.1) is 23.6 Å². The zero-order valence-electron chi connectivity index (χ0n) is 17.2. The van der Waals surface area contributed by atoms with Crippen molar-refractivity contribution in [2.75, 3.05) is 10.6 Å². The van der Waals surface area contributed by atoms with Gasteiger partial charge in [-0.1, -0.05) is 12.8 Å². The highest BCUT2D eigenvalue weighted by Crippen LogP contribution is 2.28. The molecule has 3 aromatic heterocycles. The van der Waals surface area contributed by atoms with Crippen molar-refractivity contribution >= 4 is 23.2 Å². The first-order valence-corrected chi connectivity index (χ1v) is 10.1. The van der Waals surface area contributed by atoms with Crippen molar-refractivity contribution < 1.29 is 9.18 Å². The zero-order chi connectivity index (χ0) is 22.0. The fourth-order valence-corrected chi connectivity index (χ4v) is 3.76. The quantitative estimate of drug-likeness (QED) is 0.477. The summed E-state index contributed by atoms with van der Waals surface area (Å²) in [4.78, 5) is 20.5. The van der Waals surface area contributed by atoms with Gasteiger partial charge < -0.3 is 22.1 Å². The van der Waals surface area contributed by atoms with Gasteiger partial charge in [-0.05, 0) is 25.0 Å². The van der Waals surface area contributed by atoms with E-state index in [1.54, 1.807) is 23.3 Å². The second-order valence-electron chi connectivity index (χ2n) is 7.77. The molecule has 1 aliphatic carbocycles. The van der Waals surface area contributed by atoms with Gasteiger partial charge in [0.25, 0.3) is 5.91 Å². The summed E-state index contributed by atoms with van der Waals surface area (Å²) in [6.07, 6.45) is 10.7. The molecule has 162 valence electrons. The van der Waals surface area contributed by atoms with E-state index in [-0.39, 0.29) is 29.3 Å². The average Bonchev–Trinajstić information content (AvgIpc) is 3.18. The van der Waals surface area contributed by atoms with E-state index in [2.05, 4.69) is 25.7 Å². The molecule has 4 rings (SSSR count). The summed E-state index contributed by atoms with van der Waals surface area (Å²) >= 11 is 0. The number of hydrogen-bond acceptors (Lipinski definition) is 7. The zero-order valence-corrected chi connectivity index (χ0v) is 17.2. The fraction of sp³-hybridized carbons (Fsp3) is 0.333. The Labute approximate surface area is 179 Å². The first-order chi connectivity index (χ1) is 14.9. The van der Waals surface area contributed by atoms with Crippen LogP contribution in [0.4, 0.5) is 21.7 Å². The van der Waals surface area contributed by atoms with E-state index < -0.39 is 11.7 Å². The maximum atomic E-state index is 14.7. The smallest absolute Gasteiger partial charge is 0.252 e. The molecule has 9 nitrogen and oxygen atoms in total. The molecule has 0 radical (unpaired) electrons. The summed E-state index contributed by atoms with van der Waals surface area (Å²) < 4.78 is 16.4. The summed E-state index contributed by atoms with van der Waals surface area (Å²) in [5, 5.41) is 10.3. The first-order valence-electron chi connectivity index (χ1n) is 10.1. The molecule has 1 saturated carbocycles. The van der Waals surface area contributed by atoms with Crippen LogP contribution in [0.2, 0.25) is 0 Å². The van der Waals surface area contributed by atoms with Crippen molar-refractivity contribution in [3.05, 3.63) is 48.3 Å². The number of nitrogens with one attached hydrogen (secondary N) is 2. The van der Waals surface area contributed by atoms with Gasteiger partial charge in [0.1, 0.15) is 5.82 Å². The Morgan fingerprint density at radius 3 is 2.68 bits per heavy atom. The molecule has 1 fully saturated rings. The van der Waals surface area contributed by atoms with Crippen molar-refractivity contribution in [3.8, 4) is 11.1 Å². The molecule has 3 aromatic rings. The molecule has 1 amide bonds. The lowest BCUT2D eigenvalue weighted by Gasteiger charge is -2.30. The second-order valence-corrected chi connectivity index (χ2v) is 7.77. The van der Waals surface area contributed by atoms with E-state index in [0.717, 1.165) is 42.9 Å². The fourth-order valence-electron chi connectivity index (χ4n) is 3.76. The van der Waals surface area contributed by atoms with Gasteiger partial charge in [-0.15, -0.1) is 0 Å². The van der Waals surface area contributed by atoms with Crippen molar-refractivity contribution in [3.63, 3.8) is 0 Å². The lowest BCUT2D eigenvalue weighted by molar-refractivity contribution is 0.100. The average molecular weight is 424 g/mol. The molecule has 0 aromatic carbocycles. The van der Waals surface area contributed by atoms with E-state index in [4.69, 9.17) is 11.5 Å². The maximum absolute atomic E-state index is 14.7. The Balaban J connectivity index is 1.64. The van der Waals surface area contributed by atoms with Crippen LogP contribution in [0.5, 0.6) is 0 Å². The summed E-state index contributed by atoms with van der Waals surface area (Å²) in [5.74, 6) is -1.26. The summed E-state index contributed by atoms with van der Waals surface area (Å²) in [6, 6.07) is 2.76. The van der Waals surface area contributed by atoms with Crippen LogP contribution in [-0.4, -0.2) is 37.7 Å². The third kappa shape index (κ3) is 4.64. The molecule has 31 heavy (non-hydrogen) atoms. The van der Waals surface area contributed by atoms with Gasteiger partial charge >= 0.3 is 0 Å². The summed E-state index contributed by atoms with van der Waals surface area (Å²) in [6.45, 7) is 0. The number of pyridine rings is 2. The molecular weight excluding hydrogens is 399 g/mol. The van der Waals surface area contributed by atoms with Gasteiger partial charge in [0, 0.05) is 42.7 Å². The van der Waals surface area contributed by atoms with Gasteiger partial charge in [-0.25, -0.2) is 9.37 Å². The van der Waals surface area contributed by atoms with Crippen molar-refractivity contribution in [2.24, 2.45) is 18.5 Å². The lowest BCUT2D eigenvalue weighted by Crippen LogP contribution is -2.43. The Morgan fingerprint density at radius 1 is 1.16 bits per heavy atom. The number of aromatic nitrogens is 4. The topological polar surface area (TPSA) is 137 Å². The van der Waals surface area contributed by atoms with Gasteiger partial charge in [-0.2, -0.15) is 5.10 Å². The summed E-state index contributed by atoms with van der Waals surface area (Å²) in [7, 11) is 1.83. The Kier molecular flexibility index (Phi) is 5.81. The van der Waals surface area contributed by atoms with Crippen LogP contribution in [0.15, 0.2) is 36.9 Å². The Morgan fingerprint density at radius 2 is 1.97 bits per heavy atom. The van der Waals surface area contributed by atoms with Crippen LogP contribution < -0.4 is 22.1 Å². The van der Waals surface area contributed by atoms with Crippen molar-refractivity contribution in [2.45, 2.75) is 37.8 Å². The molecule has 3 heterocycles. The highest BCUT2D eigenvalue weighted by molar-refractivity contribution is 5.98.